The van der Waals surface area contributed by atoms with E-state index < -0.39 is 68.7 Å². The standard InChI is InChI=1S/C37H41N5O8S/c1-2-26-21-37(26,35(45)41-51(47,48)28-14-15-28)40-32(43)30-20-27-22-42(30)34(44)31(25-10-6-3-7-11-25)39-36(46)49-18-8-4-5-9-23-12-13-24-16-17-38-33(50-27)29(24)19-23/h2-3,6-7,10-13,16-17,19,26-28,30-31H,1,4-5,8-9,14-15,18,20-22H2,(H,39,46)(H,40,43)(H,41,45)/t26-,27+,30-,31-,37+/m0/s1. The lowest BCUT2D eigenvalue weighted by atomic mass is 10.0. The molecule has 4 amide bonds. The van der Waals surface area contributed by atoms with Gasteiger partial charge in [0.2, 0.25) is 21.8 Å². The van der Waals surface area contributed by atoms with Crippen LogP contribution in [-0.4, -0.2) is 78.2 Å². The number of amides is 4. The summed E-state index contributed by atoms with van der Waals surface area (Å²) in [5.74, 6) is -2.23. The third-order valence-electron chi connectivity index (χ3n) is 10.2. The van der Waals surface area contributed by atoms with Crippen LogP contribution in [0.25, 0.3) is 10.8 Å². The van der Waals surface area contributed by atoms with Gasteiger partial charge in [0.25, 0.3) is 11.8 Å². The van der Waals surface area contributed by atoms with Crippen molar-refractivity contribution in [3.05, 3.63) is 84.6 Å². The molecule has 268 valence electrons. The summed E-state index contributed by atoms with van der Waals surface area (Å²) in [4.78, 5) is 61.2. The molecule has 7 rings (SSSR count). The average molecular weight is 716 g/mol. The molecule has 3 N–H and O–H groups in total. The Hall–Kier alpha value is -4.98. The van der Waals surface area contributed by atoms with Crippen molar-refractivity contribution in [2.45, 2.75) is 80.3 Å². The maximum atomic E-state index is 14.5. The number of benzene rings is 2. The summed E-state index contributed by atoms with van der Waals surface area (Å²) in [6.07, 6.45) is 5.96. The zero-order chi connectivity index (χ0) is 35.8. The van der Waals surface area contributed by atoms with Gasteiger partial charge in [-0.05, 0) is 73.6 Å². The number of fused-ring (bicyclic) bond motifs is 3. The van der Waals surface area contributed by atoms with E-state index in [0.29, 0.717) is 30.7 Å². The molecule has 1 saturated heterocycles. The number of carbonyl (C=O) groups excluding carboxylic acids is 4. The van der Waals surface area contributed by atoms with Crippen LogP contribution in [0.15, 0.2) is 73.4 Å². The number of rotatable bonds is 7. The minimum atomic E-state index is -3.89. The number of nitrogens with zero attached hydrogens (tertiary/aromatic N) is 2. The topological polar surface area (TPSA) is 173 Å². The molecule has 5 atom stereocenters. The maximum absolute atomic E-state index is 14.5. The van der Waals surface area contributed by atoms with Gasteiger partial charge < -0.3 is 25.0 Å². The first-order valence-electron chi connectivity index (χ1n) is 17.4. The van der Waals surface area contributed by atoms with Gasteiger partial charge in [-0.25, -0.2) is 18.2 Å². The molecular formula is C37H41N5O8S. The highest BCUT2D eigenvalue weighted by Gasteiger charge is 2.62. The number of aryl methyl sites for hydroxylation is 1. The molecule has 0 spiro atoms. The Labute approximate surface area is 296 Å². The third-order valence-corrected chi connectivity index (χ3v) is 12.0. The largest absolute Gasteiger partial charge is 0.472 e. The number of ether oxygens (including phenoxy) is 2. The van der Waals surface area contributed by atoms with Crippen LogP contribution in [0.5, 0.6) is 5.88 Å². The smallest absolute Gasteiger partial charge is 0.408 e. The van der Waals surface area contributed by atoms with Crippen LogP contribution in [-0.2, 0) is 35.6 Å². The summed E-state index contributed by atoms with van der Waals surface area (Å²) < 4.78 is 39.5. The Morgan fingerprint density at radius 3 is 2.61 bits per heavy atom. The number of nitrogens with one attached hydrogen (secondary N) is 3. The lowest BCUT2D eigenvalue weighted by Crippen LogP contribution is -2.57. The van der Waals surface area contributed by atoms with E-state index in [9.17, 15) is 27.6 Å². The van der Waals surface area contributed by atoms with Gasteiger partial charge in [-0.1, -0.05) is 48.5 Å². The van der Waals surface area contributed by atoms with Gasteiger partial charge in [0.15, 0.2) is 0 Å². The average Bonchev–Trinajstić information content (AvgIpc) is 4.05. The molecule has 3 fully saturated rings. The Balaban J connectivity index is 1.22. The first kappa shape index (κ1) is 34.5. The first-order valence-corrected chi connectivity index (χ1v) is 19.0. The molecule has 0 unspecified atom stereocenters. The second kappa shape index (κ2) is 14.0. The van der Waals surface area contributed by atoms with Crippen LogP contribution in [0.4, 0.5) is 4.79 Å². The quantitative estimate of drug-likeness (QED) is 0.310. The molecule has 2 aliphatic heterocycles. The number of hydrogen-bond acceptors (Lipinski definition) is 9. The fourth-order valence-electron chi connectivity index (χ4n) is 7.02. The molecule has 4 bridgehead atoms. The summed E-state index contributed by atoms with van der Waals surface area (Å²) >= 11 is 0. The number of cyclic esters (lactones) is 1. The van der Waals surface area contributed by atoms with E-state index in [2.05, 4.69) is 33.0 Å². The molecule has 2 saturated carbocycles. The monoisotopic (exact) mass is 715 g/mol. The molecule has 3 aromatic rings. The summed E-state index contributed by atoms with van der Waals surface area (Å²) in [7, 11) is -3.89. The van der Waals surface area contributed by atoms with Gasteiger partial charge in [-0.15, -0.1) is 6.58 Å². The van der Waals surface area contributed by atoms with Crippen molar-refractivity contribution in [2.75, 3.05) is 13.2 Å². The number of hydrogen-bond donors (Lipinski definition) is 3. The molecule has 51 heavy (non-hydrogen) atoms. The van der Waals surface area contributed by atoms with Gasteiger partial charge in [0, 0.05) is 23.9 Å². The summed E-state index contributed by atoms with van der Waals surface area (Å²) in [6, 6.07) is 14.3. The van der Waals surface area contributed by atoms with E-state index in [1.807, 2.05) is 18.2 Å². The van der Waals surface area contributed by atoms with Crippen molar-refractivity contribution in [1.82, 2.24) is 25.2 Å². The summed E-state index contributed by atoms with van der Waals surface area (Å²) in [5, 5.41) is 6.60. The number of alkyl carbamates (subject to hydrolysis) is 1. The van der Waals surface area contributed by atoms with E-state index in [-0.39, 0.29) is 26.0 Å². The highest BCUT2D eigenvalue weighted by molar-refractivity contribution is 7.91. The normalized spacial score (nSPS) is 26.9. The SMILES string of the molecule is C=C[C@H]1C[C@]1(NC(=O)[C@@H]1C[C@@H]2CN1C(=O)[C@H](c1ccccc1)NC(=O)OCCCCCc1ccc3ccnc(c3c1)O2)C(=O)NS(=O)(=O)C1CC1. The predicted molar refractivity (Wildman–Crippen MR) is 187 cm³/mol. The lowest BCUT2D eigenvalue weighted by Gasteiger charge is -2.30. The lowest BCUT2D eigenvalue weighted by molar-refractivity contribution is -0.141. The third kappa shape index (κ3) is 7.27. The van der Waals surface area contributed by atoms with E-state index in [1.165, 1.54) is 11.0 Å². The van der Waals surface area contributed by atoms with Crippen molar-refractivity contribution in [1.29, 1.82) is 0 Å². The number of sulfonamides is 1. The summed E-state index contributed by atoms with van der Waals surface area (Å²) in [5.41, 5.74) is 0.0327. The van der Waals surface area contributed by atoms with Crippen molar-refractivity contribution >= 4 is 44.6 Å². The minimum absolute atomic E-state index is 0.0329. The van der Waals surface area contributed by atoms with Crippen molar-refractivity contribution in [3.8, 4) is 5.88 Å². The number of carbonyl (C=O) groups is 4. The highest BCUT2D eigenvalue weighted by atomic mass is 32.2. The van der Waals surface area contributed by atoms with Crippen LogP contribution in [0.1, 0.15) is 62.1 Å². The molecule has 2 aliphatic carbocycles. The van der Waals surface area contributed by atoms with Crippen molar-refractivity contribution in [3.63, 3.8) is 0 Å². The predicted octanol–water partition coefficient (Wildman–Crippen LogP) is 3.45. The van der Waals surface area contributed by atoms with Crippen molar-refractivity contribution < 1.29 is 37.1 Å². The Morgan fingerprint density at radius 1 is 1.06 bits per heavy atom. The molecule has 1 aromatic heterocycles. The van der Waals surface area contributed by atoms with E-state index in [1.54, 1.807) is 36.5 Å². The van der Waals surface area contributed by atoms with Gasteiger partial charge in [-0.2, -0.15) is 0 Å². The van der Waals surface area contributed by atoms with Crippen LogP contribution in [0.2, 0.25) is 0 Å². The van der Waals surface area contributed by atoms with Crippen LogP contribution < -0.4 is 20.1 Å². The van der Waals surface area contributed by atoms with Crippen LogP contribution >= 0.6 is 0 Å². The first-order chi connectivity index (χ1) is 24.6. The molecule has 0 radical (unpaired) electrons. The molecule has 13 nitrogen and oxygen atoms in total. The fourth-order valence-corrected chi connectivity index (χ4v) is 8.39. The second-order valence-electron chi connectivity index (χ2n) is 13.8. The van der Waals surface area contributed by atoms with E-state index in [4.69, 9.17) is 9.47 Å². The van der Waals surface area contributed by atoms with Crippen molar-refractivity contribution in [2.24, 2.45) is 5.92 Å². The molecule has 3 heterocycles. The second-order valence-corrected chi connectivity index (χ2v) is 15.7. The number of aromatic nitrogens is 1. The Bertz CT molecular complexity index is 1970. The summed E-state index contributed by atoms with van der Waals surface area (Å²) in [6.45, 7) is 3.91. The number of pyridine rings is 1. The minimum Gasteiger partial charge on any atom is -0.472 e. The van der Waals surface area contributed by atoms with Gasteiger partial charge in [0.05, 0.1) is 18.4 Å². The van der Waals surface area contributed by atoms with E-state index >= 15 is 0 Å². The maximum Gasteiger partial charge on any atom is 0.408 e. The molecule has 14 heteroatoms. The molecule has 2 aromatic carbocycles. The fraction of sp³-hybridized carbons (Fsp3) is 0.432. The van der Waals surface area contributed by atoms with Crippen LogP contribution in [0.3, 0.4) is 0 Å². The van der Waals surface area contributed by atoms with E-state index in [0.717, 1.165) is 35.6 Å². The van der Waals surface area contributed by atoms with Gasteiger partial charge in [0.1, 0.15) is 23.7 Å². The highest BCUT2D eigenvalue weighted by Crippen LogP contribution is 2.45. The van der Waals surface area contributed by atoms with Gasteiger partial charge in [-0.3, -0.25) is 19.1 Å². The Kier molecular flexibility index (Phi) is 9.44. The Morgan fingerprint density at radius 2 is 1.86 bits per heavy atom. The van der Waals surface area contributed by atoms with Crippen LogP contribution in [0, 0.1) is 5.92 Å². The zero-order valence-electron chi connectivity index (χ0n) is 28.1. The zero-order valence-corrected chi connectivity index (χ0v) is 28.9. The molecular weight excluding hydrogens is 675 g/mol. The van der Waals surface area contributed by atoms with Gasteiger partial charge >= 0.3 is 6.09 Å². The molecule has 4 aliphatic rings.